The highest BCUT2D eigenvalue weighted by molar-refractivity contribution is 5.68. The summed E-state index contributed by atoms with van der Waals surface area (Å²) in [4.78, 5) is 19.9. The molecule has 0 saturated carbocycles. The number of rotatable bonds is 8. The predicted octanol–water partition coefficient (Wildman–Crippen LogP) is 4.01. The number of hydrogen-bond acceptors (Lipinski definition) is 6. The molecule has 0 bridgehead atoms. The second kappa shape index (κ2) is 15.1. The maximum Gasteiger partial charge on any atom is 0.409 e. The molecule has 150 valence electrons. The van der Waals surface area contributed by atoms with E-state index in [1.165, 1.54) is 30.7 Å². The Labute approximate surface area is 156 Å². The van der Waals surface area contributed by atoms with Gasteiger partial charge in [-0.1, -0.05) is 27.2 Å². The summed E-state index contributed by atoms with van der Waals surface area (Å²) < 4.78 is 10.1. The van der Waals surface area contributed by atoms with E-state index in [9.17, 15) is 14.9 Å². The van der Waals surface area contributed by atoms with Crippen LogP contribution in [-0.2, 0) is 4.74 Å². The van der Waals surface area contributed by atoms with Gasteiger partial charge in [0.1, 0.15) is 5.75 Å². The summed E-state index contributed by atoms with van der Waals surface area (Å²) in [6.45, 7) is 11.9. The summed E-state index contributed by atoms with van der Waals surface area (Å²) in [6, 6.07) is 5.03. The lowest BCUT2D eigenvalue weighted by Gasteiger charge is -2.24. The van der Waals surface area contributed by atoms with Gasteiger partial charge in [0, 0.05) is 18.7 Å². The number of nitro groups is 1. The molecule has 0 heterocycles. The molecular formula is C18H33N3O5. The standard InChI is InChI=1S/C9H21NO.C7H6N2O4.C2H6/c1-4-5-8-11-9(2,3)6-7-10;8-7(10)13-6-3-1-5(2-4-6)9(11)12;1-2/h4-8,10H2,1-3H3;1-4H,(H2,8,10);1-2H3. The molecule has 1 aromatic rings. The van der Waals surface area contributed by atoms with Crippen LogP contribution in [0.4, 0.5) is 10.5 Å². The minimum absolute atomic E-state index is 0.0239. The van der Waals surface area contributed by atoms with Crippen molar-refractivity contribution >= 4 is 11.8 Å². The number of hydrogen-bond donors (Lipinski definition) is 2. The third-order valence-electron chi connectivity index (χ3n) is 3.00. The van der Waals surface area contributed by atoms with Crippen molar-refractivity contribution in [3.63, 3.8) is 0 Å². The van der Waals surface area contributed by atoms with Crippen molar-refractivity contribution in [1.82, 2.24) is 0 Å². The zero-order chi connectivity index (χ0) is 20.6. The number of unbranched alkanes of at least 4 members (excludes halogenated alkanes) is 1. The number of amides is 1. The molecule has 0 unspecified atom stereocenters. The van der Waals surface area contributed by atoms with Gasteiger partial charge in [0.2, 0.25) is 0 Å². The Morgan fingerprint density at radius 3 is 2.15 bits per heavy atom. The van der Waals surface area contributed by atoms with Crippen LogP contribution in [0.1, 0.15) is 53.9 Å². The van der Waals surface area contributed by atoms with E-state index in [0.29, 0.717) is 6.54 Å². The molecule has 0 fully saturated rings. The number of primary amides is 1. The Morgan fingerprint density at radius 1 is 1.23 bits per heavy atom. The predicted molar refractivity (Wildman–Crippen MR) is 103 cm³/mol. The molecular weight excluding hydrogens is 338 g/mol. The molecule has 1 aromatic carbocycles. The number of non-ortho nitro benzene ring substituents is 1. The topological polar surface area (TPSA) is 131 Å². The van der Waals surface area contributed by atoms with Crippen LogP contribution in [0.2, 0.25) is 0 Å². The van der Waals surface area contributed by atoms with Gasteiger partial charge in [0.15, 0.2) is 0 Å². The zero-order valence-corrected chi connectivity index (χ0v) is 16.5. The first-order valence-electron chi connectivity index (χ1n) is 8.77. The fourth-order valence-corrected chi connectivity index (χ4v) is 1.66. The number of nitrogens with zero attached hydrogens (tertiary/aromatic N) is 1. The number of carbonyl (C=O) groups excluding carboxylic acids is 1. The van der Waals surface area contributed by atoms with Gasteiger partial charge >= 0.3 is 6.09 Å². The molecule has 8 nitrogen and oxygen atoms in total. The summed E-state index contributed by atoms with van der Waals surface area (Å²) in [7, 11) is 0. The van der Waals surface area contributed by atoms with Crippen LogP contribution in [0.5, 0.6) is 5.75 Å². The molecule has 1 rings (SSSR count). The lowest BCUT2D eigenvalue weighted by Crippen LogP contribution is -2.28. The molecule has 0 aromatic heterocycles. The Kier molecular flexibility index (Phi) is 15.1. The summed E-state index contributed by atoms with van der Waals surface area (Å²) in [5, 5.41) is 10.2. The molecule has 0 aliphatic heterocycles. The Morgan fingerprint density at radius 2 is 1.77 bits per heavy atom. The van der Waals surface area contributed by atoms with Gasteiger partial charge in [-0.2, -0.15) is 0 Å². The molecule has 0 aliphatic carbocycles. The first-order valence-corrected chi connectivity index (χ1v) is 8.77. The third-order valence-corrected chi connectivity index (χ3v) is 3.00. The third kappa shape index (κ3) is 14.2. The highest BCUT2D eigenvalue weighted by atomic mass is 16.6. The molecule has 4 N–H and O–H groups in total. The van der Waals surface area contributed by atoms with E-state index in [-0.39, 0.29) is 17.0 Å². The summed E-state index contributed by atoms with van der Waals surface area (Å²) in [5.74, 6) is 0.179. The molecule has 0 saturated heterocycles. The van der Waals surface area contributed by atoms with Crippen LogP contribution in [0.15, 0.2) is 24.3 Å². The minimum atomic E-state index is -0.950. The lowest BCUT2D eigenvalue weighted by molar-refractivity contribution is -0.384. The molecule has 0 radical (unpaired) electrons. The Hall–Kier alpha value is -2.19. The van der Waals surface area contributed by atoms with Crippen LogP contribution >= 0.6 is 0 Å². The van der Waals surface area contributed by atoms with Crippen molar-refractivity contribution in [3.05, 3.63) is 34.4 Å². The van der Waals surface area contributed by atoms with Gasteiger partial charge in [-0.25, -0.2) is 4.79 Å². The maximum atomic E-state index is 10.3. The van der Waals surface area contributed by atoms with E-state index in [1.54, 1.807) is 0 Å². The van der Waals surface area contributed by atoms with Crippen LogP contribution < -0.4 is 16.2 Å². The highest BCUT2D eigenvalue weighted by Crippen LogP contribution is 2.17. The molecule has 0 aliphatic rings. The van der Waals surface area contributed by atoms with Crippen molar-refractivity contribution in [2.24, 2.45) is 11.5 Å². The Balaban J connectivity index is 0. The van der Waals surface area contributed by atoms with Crippen molar-refractivity contribution in [2.75, 3.05) is 13.2 Å². The van der Waals surface area contributed by atoms with E-state index in [0.717, 1.165) is 19.4 Å². The summed E-state index contributed by atoms with van der Waals surface area (Å²) in [5.41, 5.74) is 10.1. The van der Waals surface area contributed by atoms with Crippen LogP contribution in [-0.4, -0.2) is 29.8 Å². The lowest BCUT2D eigenvalue weighted by atomic mass is 10.1. The number of carbonyl (C=O) groups is 1. The normalized spacial score (nSPS) is 9.92. The van der Waals surface area contributed by atoms with Crippen molar-refractivity contribution < 1.29 is 19.2 Å². The number of nitro benzene ring substituents is 1. The Bertz CT molecular complexity index is 504. The monoisotopic (exact) mass is 371 g/mol. The van der Waals surface area contributed by atoms with Gasteiger partial charge < -0.3 is 20.9 Å². The van der Waals surface area contributed by atoms with Crippen molar-refractivity contribution in [1.29, 1.82) is 0 Å². The van der Waals surface area contributed by atoms with Crippen LogP contribution in [0.25, 0.3) is 0 Å². The van der Waals surface area contributed by atoms with Crippen molar-refractivity contribution in [2.45, 2.75) is 59.5 Å². The number of benzene rings is 1. The number of ether oxygens (including phenoxy) is 2. The van der Waals surface area contributed by atoms with E-state index in [4.69, 9.17) is 16.2 Å². The molecule has 26 heavy (non-hydrogen) atoms. The van der Waals surface area contributed by atoms with Gasteiger partial charge in [-0.05, 0) is 45.4 Å². The average molecular weight is 371 g/mol. The molecule has 8 heteroatoms. The van der Waals surface area contributed by atoms with E-state index < -0.39 is 11.0 Å². The molecule has 0 atom stereocenters. The molecule has 0 spiro atoms. The second-order valence-corrected chi connectivity index (χ2v) is 5.67. The minimum Gasteiger partial charge on any atom is -0.410 e. The van der Waals surface area contributed by atoms with Crippen LogP contribution in [0, 0.1) is 10.1 Å². The van der Waals surface area contributed by atoms with Gasteiger partial charge in [0.25, 0.3) is 5.69 Å². The first kappa shape index (κ1) is 26.0. The van der Waals surface area contributed by atoms with Crippen LogP contribution in [0.3, 0.4) is 0 Å². The second-order valence-electron chi connectivity index (χ2n) is 5.67. The fourth-order valence-electron chi connectivity index (χ4n) is 1.66. The zero-order valence-electron chi connectivity index (χ0n) is 16.5. The first-order chi connectivity index (χ1) is 12.2. The summed E-state index contributed by atoms with van der Waals surface area (Å²) >= 11 is 0. The van der Waals surface area contributed by atoms with E-state index in [2.05, 4.69) is 25.5 Å². The van der Waals surface area contributed by atoms with Gasteiger partial charge in [-0.15, -0.1) is 0 Å². The maximum absolute atomic E-state index is 10.3. The van der Waals surface area contributed by atoms with E-state index >= 15 is 0 Å². The van der Waals surface area contributed by atoms with E-state index in [1.807, 2.05) is 13.8 Å². The SMILES string of the molecule is CC.CCCCOC(C)(C)CCN.NC(=O)Oc1ccc([N+](=O)[O-])cc1. The molecule has 1 amide bonds. The average Bonchev–Trinajstić information content (AvgIpc) is 2.57. The quantitative estimate of drug-likeness (QED) is 0.403. The fraction of sp³-hybridized carbons (Fsp3) is 0.611. The largest absolute Gasteiger partial charge is 0.410 e. The smallest absolute Gasteiger partial charge is 0.409 e. The number of nitrogens with two attached hydrogens (primary N) is 2. The van der Waals surface area contributed by atoms with Gasteiger partial charge in [-0.3, -0.25) is 10.1 Å². The van der Waals surface area contributed by atoms with Crippen molar-refractivity contribution in [3.8, 4) is 5.75 Å². The summed E-state index contributed by atoms with van der Waals surface area (Å²) in [6.07, 6.45) is 2.33. The van der Waals surface area contributed by atoms with Gasteiger partial charge in [0.05, 0.1) is 10.5 Å². The highest BCUT2D eigenvalue weighted by Gasteiger charge is 2.15.